The first kappa shape index (κ1) is 16.1. The van der Waals surface area contributed by atoms with Crippen LogP contribution in [0.5, 0.6) is 0 Å². The van der Waals surface area contributed by atoms with Crippen molar-refractivity contribution in [3.05, 3.63) is 60.2 Å². The second-order valence-electron chi connectivity index (χ2n) is 5.87. The van der Waals surface area contributed by atoms with Crippen LogP contribution in [-0.4, -0.2) is 34.5 Å². The zero-order valence-corrected chi connectivity index (χ0v) is 13.7. The van der Waals surface area contributed by atoms with Gasteiger partial charge in [0.1, 0.15) is 18.2 Å². The first-order valence-corrected chi connectivity index (χ1v) is 7.68. The molecule has 0 saturated carbocycles. The fourth-order valence-electron chi connectivity index (χ4n) is 2.60. The number of hydrogen-bond donors (Lipinski definition) is 1. The molecule has 2 aromatic carbocycles. The zero-order chi connectivity index (χ0) is 17.1. The molecule has 1 heterocycles. The smallest absolute Gasteiger partial charge is 0.244 e. The van der Waals surface area contributed by atoms with E-state index in [-0.39, 0.29) is 18.1 Å². The fraction of sp³-hybridized carbons (Fsp3) is 0.222. The van der Waals surface area contributed by atoms with E-state index in [1.807, 2.05) is 47.8 Å². The summed E-state index contributed by atoms with van der Waals surface area (Å²) in [6.45, 7) is 0.694. The number of benzene rings is 2. The maximum atomic E-state index is 13.7. The quantitative estimate of drug-likeness (QED) is 0.784. The van der Waals surface area contributed by atoms with E-state index in [9.17, 15) is 9.18 Å². The topological polar surface area (TPSA) is 50.2 Å². The standard InChI is InChI=1S/C18H19FN4O/c1-22(2)11-17-20-15-9-5-6-10-16(15)23(17)12-18(24)21-14-8-4-3-7-13(14)19/h3-10H,11-12H2,1-2H3,(H,21,24). The highest BCUT2D eigenvalue weighted by atomic mass is 19.1. The van der Waals surface area contributed by atoms with Gasteiger partial charge >= 0.3 is 0 Å². The summed E-state index contributed by atoms with van der Waals surface area (Å²) < 4.78 is 15.6. The van der Waals surface area contributed by atoms with E-state index in [2.05, 4.69) is 10.3 Å². The Hall–Kier alpha value is -2.73. The molecule has 0 spiro atoms. The lowest BCUT2D eigenvalue weighted by atomic mass is 10.3. The second-order valence-corrected chi connectivity index (χ2v) is 5.87. The Balaban J connectivity index is 1.88. The van der Waals surface area contributed by atoms with Crippen LogP contribution >= 0.6 is 0 Å². The Morgan fingerprint density at radius 3 is 2.62 bits per heavy atom. The summed E-state index contributed by atoms with van der Waals surface area (Å²) in [7, 11) is 3.90. The highest BCUT2D eigenvalue weighted by Gasteiger charge is 2.15. The third kappa shape index (κ3) is 3.44. The summed E-state index contributed by atoms with van der Waals surface area (Å²) in [4.78, 5) is 19.0. The number of anilines is 1. The molecule has 0 atom stereocenters. The van der Waals surface area contributed by atoms with Crippen LogP contribution in [0.2, 0.25) is 0 Å². The molecule has 0 bridgehead atoms. The Labute approximate surface area is 139 Å². The number of para-hydroxylation sites is 3. The third-order valence-electron chi connectivity index (χ3n) is 3.64. The lowest BCUT2D eigenvalue weighted by molar-refractivity contribution is -0.116. The minimum Gasteiger partial charge on any atom is -0.322 e. The van der Waals surface area contributed by atoms with Gasteiger partial charge in [-0.3, -0.25) is 4.79 Å². The van der Waals surface area contributed by atoms with Crippen LogP contribution in [0.4, 0.5) is 10.1 Å². The molecule has 6 heteroatoms. The summed E-state index contributed by atoms with van der Waals surface area (Å²) in [6.07, 6.45) is 0. The Bertz CT molecular complexity index is 872. The number of halogens is 1. The van der Waals surface area contributed by atoms with E-state index in [1.54, 1.807) is 18.2 Å². The molecule has 5 nitrogen and oxygen atoms in total. The molecule has 0 aliphatic heterocycles. The van der Waals surface area contributed by atoms with Gasteiger partial charge in [0.2, 0.25) is 5.91 Å². The average Bonchev–Trinajstić information content (AvgIpc) is 2.86. The van der Waals surface area contributed by atoms with Crippen LogP contribution in [-0.2, 0) is 17.9 Å². The maximum absolute atomic E-state index is 13.7. The number of nitrogens with one attached hydrogen (secondary N) is 1. The highest BCUT2D eigenvalue weighted by molar-refractivity contribution is 5.91. The number of fused-ring (bicyclic) bond motifs is 1. The first-order chi connectivity index (χ1) is 11.5. The molecule has 0 unspecified atom stereocenters. The van der Waals surface area contributed by atoms with Gasteiger partial charge in [-0.15, -0.1) is 0 Å². The summed E-state index contributed by atoms with van der Waals surface area (Å²) in [5, 5.41) is 2.62. The van der Waals surface area contributed by atoms with Crippen molar-refractivity contribution < 1.29 is 9.18 Å². The van der Waals surface area contributed by atoms with Gasteiger partial charge in [-0.05, 0) is 38.4 Å². The van der Waals surface area contributed by atoms with Crippen molar-refractivity contribution >= 4 is 22.6 Å². The largest absolute Gasteiger partial charge is 0.322 e. The third-order valence-corrected chi connectivity index (χ3v) is 3.64. The van der Waals surface area contributed by atoms with Crippen LogP contribution in [0.25, 0.3) is 11.0 Å². The van der Waals surface area contributed by atoms with Crippen LogP contribution in [0.15, 0.2) is 48.5 Å². The predicted octanol–water partition coefficient (Wildman–Crippen LogP) is 2.88. The minimum atomic E-state index is -0.449. The summed E-state index contributed by atoms with van der Waals surface area (Å²) in [5.41, 5.74) is 1.91. The maximum Gasteiger partial charge on any atom is 0.244 e. The average molecular weight is 326 g/mol. The first-order valence-electron chi connectivity index (χ1n) is 7.68. The molecule has 3 rings (SSSR count). The van der Waals surface area contributed by atoms with Gasteiger partial charge in [0.25, 0.3) is 0 Å². The van der Waals surface area contributed by atoms with Gasteiger partial charge in [0.05, 0.1) is 23.3 Å². The van der Waals surface area contributed by atoms with Gasteiger partial charge < -0.3 is 14.8 Å². The van der Waals surface area contributed by atoms with E-state index in [4.69, 9.17) is 0 Å². The van der Waals surface area contributed by atoms with Crippen LogP contribution in [0.1, 0.15) is 5.82 Å². The highest BCUT2D eigenvalue weighted by Crippen LogP contribution is 2.18. The molecule has 24 heavy (non-hydrogen) atoms. The van der Waals surface area contributed by atoms with E-state index in [1.165, 1.54) is 6.07 Å². The number of carbonyl (C=O) groups excluding carboxylic acids is 1. The molecule has 3 aromatic rings. The molecule has 0 saturated heterocycles. The van der Waals surface area contributed by atoms with Gasteiger partial charge in [0, 0.05) is 0 Å². The van der Waals surface area contributed by atoms with Gasteiger partial charge in [-0.2, -0.15) is 0 Å². The summed E-state index contributed by atoms with van der Waals surface area (Å²) in [6, 6.07) is 13.8. The van der Waals surface area contributed by atoms with Gasteiger partial charge in [0.15, 0.2) is 0 Å². The zero-order valence-electron chi connectivity index (χ0n) is 13.7. The predicted molar refractivity (Wildman–Crippen MR) is 92.2 cm³/mol. The SMILES string of the molecule is CN(C)Cc1nc2ccccc2n1CC(=O)Nc1ccccc1F. The van der Waals surface area contributed by atoms with Crippen molar-refractivity contribution in [1.82, 2.24) is 14.5 Å². The van der Waals surface area contributed by atoms with Crippen LogP contribution in [0.3, 0.4) is 0 Å². The van der Waals surface area contributed by atoms with Crippen molar-refractivity contribution in [2.45, 2.75) is 13.1 Å². The molecule has 1 amide bonds. The lowest BCUT2D eigenvalue weighted by Crippen LogP contribution is -2.22. The normalized spacial score (nSPS) is 11.2. The van der Waals surface area contributed by atoms with E-state index in [0.717, 1.165) is 16.9 Å². The van der Waals surface area contributed by atoms with E-state index < -0.39 is 5.82 Å². The molecule has 1 aromatic heterocycles. The number of nitrogens with zero attached hydrogens (tertiary/aromatic N) is 3. The molecule has 0 fully saturated rings. The summed E-state index contributed by atoms with van der Waals surface area (Å²) >= 11 is 0. The van der Waals surface area contributed by atoms with Gasteiger partial charge in [-0.1, -0.05) is 24.3 Å². The van der Waals surface area contributed by atoms with Crippen LogP contribution < -0.4 is 5.32 Å². The summed E-state index contributed by atoms with van der Waals surface area (Å²) in [5.74, 6) is 0.0583. The molecule has 124 valence electrons. The van der Waals surface area contributed by atoms with Crippen molar-refractivity contribution in [3.8, 4) is 0 Å². The number of amides is 1. The fourth-order valence-corrected chi connectivity index (χ4v) is 2.60. The molecule has 0 aliphatic carbocycles. The van der Waals surface area contributed by atoms with Crippen molar-refractivity contribution in [1.29, 1.82) is 0 Å². The molecular formula is C18H19FN4O. The van der Waals surface area contributed by atoms with E-state index in [0.29, 0.717) is 6.54 Å². The second kappa shape index (κ2) is 6.80. The van der Waals surface area contributed by atoms with Crippen LogP contribution in [0, 0.1) is 5.82 Å². The number of hydrogen-bond acceptors (Lipinski definition) is 3. The molecule has 0 aliphatic rings. The molecule has 1 N–H and O–H groups in total. The number of imidazole rings is 1. The van der Waals surface area contributed by atoms with Crippen molar-refractivity contribution in [3.63, 3.8) is 0 Å². The minimum absolute atomic E-state index is 0.0814. The number of aromatic nitrogens is 2. The lowest BCUT2D eigenvalue weighted by Gasteiger charge is -2.13. The van der Waals surface area contributed by atoms with Crippen molar-refractivity contribution in [2.24, 2.45) is 0 Å². The molecular weight excluding hydrogens is 307 g/mol. The number of rotatable bonds is 5. The Morgan fingerprint density at radius 1 is 1.17 bits per heavy atom. The van der Waals surface area contributed by atoms with E-state index >= 15 is 0 Å². The van der Waals surface area contributed by atoms with Crippen molar-refractivity contribution in [2.75, 3.05) is 19.4 Å². The number of carbonyl (C=O) groups is 1. The molecule has 0 radical (unpaired) electrons. The van der Waals surface area contributed by atoms with Gasteiger partial charge in [-0.25, -0.2) is 9.37 Å². The Kier molecular flexibility index (Phi) is 4.57. The monoisotopic (exact) mass is 326 g/mol. The Morgan fingerprint density at radius 2 is 1.88 bits per heavy atom.